The zero-order valence-electron chi connectivity index (χ0n) is 17.7. The molecule has 1 aromatic carbocycles. The molecule has 1 aromatic heterocycles. The van der Waals surface area contributed by atoms with Gasteiger partial charge in [-0.05, 0) is 36.1 Å². The highest BCUT2D eigenvalue weighted by molar-refractivity contribution is 7.91. The molecule has 1 saturated heterocycles. The van der Waals surface area contributed by atoms with Crippen LogP contribution in [-0.4, -0.2) is 55.9 Å². The van der Waals surface area contributed by atoms with Crippen molar-refractivity contribution in [2.75, 3.05) is 24.7 Å². The zero-order chi connectivity index (χ0) is 22.4. The Labute approximate surface area is 187 Å². The monoisotopic (exact) mass is 461 g/mol. The van der Waals surface area contributed by atoms with Crippen molar-refractivity contribution in [3.63, 3.8) is 0 Å². The molecular formula is C23H27NO5S2. The number of rotatable bonds is 8. The van der Waals surface area contributed by atoms with E-state index in [4.69, 9.17) is 4.74 Å². The lowest BCUT2D eigenvalue weighted by atomic mass is 10.1. The molecule has 1 fully saturated rings. The van der Waals surface area contributed by atoms with Crippen molar-refractivity contribution in [2.24, 2.45) is 5.92 Å². The molecule has 0 saturated carbocycles. The molecule has 3 rings (SSSR count). The van der Waals surface area contributed by atoms with Crippen LogP contribution in [0.15, 0.2) is 48.5 Å². The van der Waals surface area contributed by atoms with E-state index in [0.29, 0.717) is 13.0 Å². The van der Waals surface area contributed by atoms with Crippen LogP contribution >= 0.6 is 11.3 Å². The van der Waals surface area contributed by atoms with Crippen molar-refractivity contribution in [1.29, 1.82) is 0 Å². The lowest BCUT2D eigenvalue weighted by molar-refractivity contribution is -0.149. The van der Waals surface area contributed by atoms with E-state index < -0.39 is 22.4 Å². The maximum Gasteiger partial charge on any atom is 0.331 e. The van der Waals surface area contributed by atoms with Crippen LogP contribution in [0, 0.1) is 5.92 Å². The molecule has 1 aliphatic heterocycles. The summed E-state index contributed by atoms with van der Waals surface area (Å²) in [5, 5.41) is 0. The summed E-state index contributed by atoms with van der Waals surface area (Å²) in [6.45, 7) is 3.96. The summed E-state index contributed by atoms with van der Waals surface area (Å²) in [4.78, 5) is 28.3. The molecule has 2 aromatic rings. The summed E-state index contributed by atoms with van der Waals surface area (Å²) >= 11 is 1.55. The summed E-state index contributed by atoms with van der Waals surface area (Å²) in [5.41, 5.74) is 1.11. The van der Waals surface area contributed by atoms with Crippen LogP contribution < -0.4 is 0 Å². The maximum absolute atomic E-state index is 12.6. The minimum atomic E-state index is -3.11. The number of esters is 1. The Bertz CT molecular complexity index is 1040. The summed E-state index contributed by atoms with van der Waals surface area (Å²) in [5.74, 6) is -0.720. The van der Waals surface area contributed by atoms with Crippen molar-refractivity contribution in [3.05, 3.63) is 53.4 Å². The van der Waals surface area contributed by atoms with Gasteiger partial charge in [-0.1, -0.05) is 44.2 Å². The van der Waals surface area contributed by atoms with Crippen molar-refractivity contribution < 1.29 is 22.7 Å². The number of carbonyl (C=O) groups excluding carboxylic acids is 2. The molecular weight excluding hydrogens is 434 g/mol. The van der Waals surface area contributed by atoms with Gasteiger partial charge in [0.2, 0.25) is 0 Å². The molecule has 1 atom stereocenters. The Balaban J connectivity index is 1.55. The second-order valence-electron chi connectivity index (χ2n) is 8.01. The first-order valence-corrected chi connectivity index (χ1v) is 12.9. The van der Waals surface area contributed by atoms with Gasteiger partial charge in [0.05, 0.1) is 11.5 Å². The number of sulfone groups is 1. The molecule has 166 valence electrons. The predicted octanol–water partition coefficient (Wildman–Crippen LogP) is 3.64. The predicted molar refractivity (Wildman–Crippen MR) is 123 cm³/mol. The van der Waals surface area contributed by atoms with Crippen LogP contribution in [0.1, 0.15) is 25.1 Å². The molecule has 8 heteroatoms. The summed E-state index contributed by atoms with van der Waals surface area (Å²) in [6, 6.07) is 13.5. The van der Waals surface area contributed by atoms with Crippen molar-refractivity contribution in [3.8, 4) is 10.4 Å². The van der Waals surface area contributed by atoms with E-state index in [1.54, 1.807) is 22.3 Å². The van der Waals surface area contributed by atoms with Gasteiger partial charge in [-0.3, -0.25) is 4.79 Å². The number of ether oxygens (including phenoxy) is 1. The Morgan fingerprint density at radius 2 is 1.94 bits per heavy atom. The van der Waals surface area contributed by atoms with Gasteiger partial charge in [0, 0.05) is 28.4 Å². The third kappa shape index (κ3) is 6.77. The van der Waals surface area contributed by atoms with Crippen LogP contribution in [0.4, 0.5) is 0 Å². The lowest BCUT2D eigenvalue weighted by Gasteiger charge is -2.29. The normalized spacial score (nSPS) is 17.8. The Morgan fingerprint density at radius 3 is 2.58 bits per heavy atom. The first kappa shape index (κ1) is 23.2. The molecule has 1 amide bonds. The van der Waals surface area contributed by atoms with E-state index in [9.17, 15) is 18.0 Å². The molecule has 6 nitrogen and oxygen atoms in total. The molecule has 2 heterocycles. The SMILES string of the molecule is CC(C)CN(C(=O)COC(=O)/C=C/c1ccc(-c2ccccc2)s1)C1CCS(=O)(=O)C1. The topological polar surface area (TPSA) is 80.8 Å². The van der Waals surface area contributed by atoms with Gasteiger partial charge in [-0.15, -0.1) is 11.3 Å². The van der Waals surface area contributed by atoms with E-state index in [2.05, 4.69) is 0 Å². The fourth-order valence-corrected chi connectivity index (χ4v) is 6.13. The third-order valence-electron chi connectivity index (χ3n) is 4.94. The third-order valence-corrected chi connectivity index (χ3v) is 7.79. The second-order valence-corrected chi connectivity index (χ2v) is 11.3. The summed E-state index contributed by atoms with van der Waals surface area (Å²) < 4.78 is 28.7. The quantitative estimate of drug-likeness (QED) is 0.443. The second kappa shape index (κ2) is 10.2. The van der Waals surface area contributed by atoms with Crippen LogP contribution in [0.3, 0.4) is 0 Å². The van der Waals surface area contributed by atoms with E-state index in [0.717, 1.165) is 15.3 Å². The van der Waals surface area contributed by atoms with Gasteiger partial charge in [0.15, 0.2) is 16.4 Å². The molecule has 0 aliphatic carbocycles. The average molecular weight is 462 g/mol. The number of nitrogens with zero attached hydrogens (tertiary/aromatic N) is 1. The standard InChI is InChI=1S/C23H27NO5S2/c1-17(2)14-24(19-12-13-31(27,28)16-19)22(25)15-29-23(26)11-9-20-8-10-21(30-20)18-6-4-3-5-7-18/h3-11,17,19H,12-16H2,1-2H3/b11-9+. The highest BCUT2D eigenvalue weighted by Crippen LogP contribution is 2.28. The van der Waals surface area contributed by atoms with Crippen LogP contribution in [0.2, 0.25) is 0 Å². The number of hydrogen-bond acceptors (Lipinski definition) is 6. The van der Waals surface area contributed by atoms with E-state index in [1.807, 2.05) is 56.3 Å². The Kier molecular flexibility index (Phi) is 7.67. The minimum Gasteiger partial charge on any atom is -0.452 e. The Hall–Kier alpha value is -2.45. The maximum atomic E-state index is 12.6. The van der Waals surface area contributed by atoms with Crippen LogP contribution in [0.25, 0.3) is 16.5 Å². The van der Waals surface area contributed by atoms with Crippen molar-refractivity contribution >= 4 is 39.1 Å². The number of amides is 1. The van der Waals surface area contributed by atoms with E-state index in [-0.39, 0.29) is 29.4 Å². The molecule has 31 heavy (non-hydrogen) atoms. The van der Waals surface area contributed by atoms with Gasteiger partial charge in [-0.25, -0.2) is 13.2 Å². The number of thiophene rings is 1. The molecule has 0 spiro atoms. The smallest absolute Gasteiger partial charge is 0.331 e. The average Bonchev–Trinajstić information content (AvgIpc) is 3.35. The van der Waals surface area contributed by atoms with Gasteiger partial charge in [0.25, 0.3) is 5.91 Å². The fourth-order valence-electron chi connectivity index (χ4n) is 3.48. The van der Waals surface area contributed by atoms with Gasteiger partial charge >= 0.3 is 5.97 Å². The number of benzene rings is 1. The van der Waals surface area contributed by atoms with Gasteiger partial charge in [0.1, 0.15) is 0 Å². The molecule has 1 aliphatic rings. The van der Waals surface area contributed by atoms with E-state index in [1.165, 1.54) is 6.08 Å². The summed E-state index contributed by atoms with van der Waals surface area (Å²) in [6.07, 6.45) is 3.40. The molecule has 0 N–H and O–H groups in total. The highest BCUT2D eigenvalue weighted by atomic mass is 32.2. The van der Waals surface area contributed by atoms with Gasteiger partial charge < -0.3 is 9.64 Å². The first-order valence-electron chi connectivity index (χ1n) is 10.2. The van der Waals surface area contributed by atoms with Crippen molar-refractivity contribution in [1.82, 2.24) is 4.90 Å². The fraction of sp³-hybridized carbons (Fsp3) is 0.391. The minimum absolute atomic E-state index is 0.0264. The van der Waals surface area contributed by atoms with Crippen molar-refractivity contribution in [2.45, 2.75) is 26.3 Å². The first-order chi connectivity index (χ1) is 14.7. The van der Waals surface area contributed by atoms with Crippen LogP contribution in [0.5, 0.6) is 0 Å². The number of hydrogen-bond donors (Lipinski definition) is 0. The number of carbonyl (C=O) groups is 2. The Morgan fingerprint density at radius 1 is 1.19 bits per heavy atom. The zero-order valence-corrected chi connectivity index (χ0v) is 19.3. The molecule has 0 bridgehead atoms. The molecule has 1 unspecified atom stereocenters. The highest BCUT2D eigenvalue weighted by Gasteiger charge is 2.35. The largest absolute Gasteiger partial charge is 0.452 e. The lowest BCUT2D eigenvalue weighted by Crippen LogP contribution is -2.45. The van der Waals surface area contributed by atoms with Gasteiger partial charge in [-0.2, -0.15) is 0 Å². The summed E-state index contributed by atoms with van der Waals surface area (Å²) in [7, 11) is -3.11. The van der Waals surface area contributed by atoms with E-state index >= 15 is 0 Å². The van der Waals surface area contributed by atoms with Crippen LogP contribution in [-0.2, 0) is 24.2 Å². The molecule has 0 radical (unpaired) electrons.